The van der Waals surface area contributed by atoms with E-state index in [1.807, 2.05) is 30.3 Å². The van der Waals surface area contributed by atoms with Gasteiger partial charge in [0.05, 0.1) is 6.54 Å². The Morgan fingerprint density at radius 1 is 1.04 bits per heavy atom. The lowest BCUT2D eigenvalue weighted by Gasteiger charge is -2.06. The van der Waals surface area contributed by atoms with Crippen LogP contribution in [-0.2, 0) is 9.59 Å². The van der Waals surface area contributed by atoms with Crippen LogP contribution in [0.25, 0.3) is 6.08 Å². The van der Waals surface area contributed by atoms with Crippen molar-refractivity contribution < 1.29 is 19.1 Å². The van der Waals surface area contributed by atoms with Crippen LogP contribution in [0.1, 0.15) is 5.56 Å². The number of hydrogen-bond acceptors (Lipinski definition) is 4. The summed E-state index contributed by atoms with van der Waals surface area (Å²) in [6.45, 7) is 0.0585. The van der Waals surface area contributed by atoms with Crippen molar-refractivity contribution in [2.24, 2.45) is 0 Å². The fraction of sp³-hybridized carbons (Fsp3) is 0.111. The Labute approximate surface area is 139 Å². The van der Waals surface area contributed by atoms with Gasteiger partial charge in [0, 0.05) is 17.8 Å². The van der Waals surface area contributed by atoms with Gasteiger partial charge in [-0.2, -0.15) is 0 Å². The van der Waals surface area contributed by atoms with E-state index in [0.717, 1.165) is 5.56 Å². The Morgan fingerprint density at radius 3 is 2.67 bits per heavy atom. The molecule has 2 aromatic carbocycles. The number of rotatable bonds is 5. The number of carbonyl (C=O) groups is 2. The number of hydrogen-bond donors (Lipinski definition) is 2. The van der Waals surface area contributed by atoms with E-state index in [2.05, 4.69) is 10.6 Å². The maximum absolute atomic E-state index is 11.9. The molecule has 0 atom stereocenters. The highest BCUT2D eigenvalue weighted by Crippen LogP contribution is 2.34. The molecule has 2 amide bonds. The van der Waals surface area contributed by atoms with Gasteiger partial charge in [0.25, 0.3) is 0 Å². The van der Waals surface area contributed by atoms with Crippen molar-refractivity contribution in [2.75, 3.05) is 18.7 Å². The minimum absolute atomic E-state index is 0.119. The lowest BCUT2D eigenvalue weighted by molar-refractivity contribution is -0.121. The van der Waals surface area contributed by atoms with E-state index in [4.69, 9.17) is 9.47 Å². The van der Waals surface area contributed by atoms with Gasteiger partial charge in [-0.1, -0.05) is 30.3 Å². The third-order valence-electron chi connectivity index (χ3n) is 3.31. The Balaban J connectivity index is 1.47. The average molecular weight is 324 g/mol. The first kappa shape index (κ1) is 15.6. The molecule has 24 heavy (non-hydrogen) atoms. The van der Waals surface area contributed by atoms with Gasteiger partial charge in [-0.3, -0.25) is 9.59 Å². The number of ether oxygens (including phenoxy) is 2. The van der Waals surface area contributed by atoms with E-state index >= 15 is 0 Å². The molecule has 122 valence electrons. The molecule has 0 bridgehead atoms. The SMILES string of the molecule is O=C(/C=C/c1ccccc1)NCC(=O)Nc1ccc2c(c1)OCO2. The van der Waals surface area contributed by atoms with Gasteiger partial charge >= 0.3 is 0 Å². The molecule has 3 rings (SSSR count). The predicted octanol–water partition coefficient (Wildman–Crippen LogP) is 2.18. The normalized spacial score (nSPS) is 12.2. The van der Waals surface area contributed by atoms with Crippen molar-refractivity contribution >= 4 is 23.6 Å². The minimum atomic E-state index is -0.334. The second kappa shape index (κ2) is 7.32. The zero-order chi connectivity index (χ0) is 16.8. The summed E-state index contributed by atoms with van der Waals surface area (Å²) >= 11 is 0. The molecule has 0 fully saturated rings. The van der Waals surface area contributed by atoms with Gasteiger partial charge in [-0.25, -0.2) is 0 Å². The molecule has 0 saturated heterocycles. The number of fused-ring (bicyclic) bond motifs is 1. The second-order valence-corrected chi connectivity index (χ2v) is 5.08. The maximum atomic E-state index is 11.9. The first-order valence-electron chi connectivity index (χ1n) is 7.41. The van der Waals surface area contributed by atoms with E-state index in [1.54, 1.807) is 24.3 Å². The Bertz CT molecular complexity index is 772. The molecule has 0 unspecified atom stereocenters. The Kier molecular flexibility index (Phi) is 4.76. The average Bonchev–Trinajstić information content (AvgIpc) is 3.07. The fourth-order valence-corrected chi connectivity index (χ4v) is 2.14. The number of carbonyl (C=O) groups excluding carboxylic acids is 2. The first-order valence-corrected chi connectivity index (χ1v) is 7.41. The summed E-state index contributed by atoms with van der Waals surface area (Å²) in [4.78, 5) is 23.6. The number of amides is 2. The molecule has 0 saturated carbocycles. The minimum Gasteiger partial charge on any atom is -0.454 e. The molecule has 2 N–H and O–H groups in total. The molecule has 1 aliphatic rings. The Morgan fingerprint density at radius 2 is 1.83 bits per heavy atom. The zero-order valence-electron chi connectivity index (χ0n) is 12.8. The lowest BCUT2D eigenvalue weighted by Crippen LogP contribution is -2.31. The van der Waals surface area contributed by atoms with Crippen molar-refractivity contribution in [1.29, 1.82) is 0 Å². The van der Waals surface area contributed by atoms with Gasteiger partial charge in [0.1, 0.15) is 0 Å². The number of anilines is 1. The Hall–Kier alpha value is -3.28. The summed E-state index contributed by atoms with van der Waals surface area (Å²) in [7, 11) is 0. The fourth-order valence-electron chi connectivity index (χ4n) is 2.14. The van der Waals surface area contributed by atoms with Gasteiger partial charge < -0.3 is 20.1 Å². The topological polar surface area (TPSA) is 76.7 Å². The highest BCUT2D eigenvalue weighted by Gasteiger charge is 2.14. The summed E-state index contributed by atoms with van der Waals surface area (Å²) in [5, 5.41) is 5.22. The van der Waals surface area contributed by atoms with Crippen molar-refractivity contribution in [1.82, 2.24) is 5.32 Å². The summed E-state index contributed by atoms with van der Waals surface area (Å²) in [6.07, 6.45) is 3.08. The van der Waals surface area contributed by atoms with Crippen molar-refractivity contribution in [3.05, 3.63) is 60.2 Å². The second-order valence-electron chi connectivity index (χ2n) is 5.08. The third kappa shape index (κ3) is 4.13. The van der Waals surface area contributed by atoms with Crippen molar-refractivity contribution in [3.63, 3.8) is 0 Å². The molecule has 1 heterocycles. The molecule has 2 aromatic rings. The maximum Gasteiger partial charge on any atom is 0.244 e. The van der Waals surface area contributed by atoms with E-state index in [-0.39, 0.29) is 25.2 Å². The van der Waals surface area contributed by atoms with Crippen LogP contribution in [0.5, 0.6) is 11.5 Å². The molecule has 0 aliphatic carbocycles. The van der Waals surface area contributed by atoms with Gasteiger partial charge in [-0.15, -0.1) is 0 Å². The van der Waals surface area contributed by atoms with Crippen LogP contribution in [0.2, 0.25) is 0 Å². The van der Waals surface area contributed by atoms with Crippen LogP contribution in [0, 0.1) is 0 Å². The van der Waals surface area contributed by atoms with Gasteiger partial charge in [0.2, 0.25) is 18.6 Å². The lowest BCUT2D eigenvalue weighted by atomic mass is 10.2. The first-order chi connectivity index (χ1) is 11.7. The highest BCUT2D eigenvalue weighted by molar-refractivity contribution is 5.98. The summed E-state index contributed by atoms with van der Waals surface area (Å²) < 4.78 is 10.4. The summed E-state index contributed by atoms with van der Waals surface area (Å²) in [5.74, 6) is 0.574. The number of nitrogens with one attached hydrogen (secondary N) is 2. The van der Waals surface area contributed by atoms with Gasteiger partial charge in [-0.05, 0) is 23.8 Å². The molecule has 0 spiro atoms. The standard InChI is InChI=1S/C18H16N2O4/c21-17(9-6-13-4-2-1-3-5-13)19-11-18(22)20-14-7-8-15-16(10-14)24-12-23-15/h1-10H,11-12H2,(H,19,21)(H,20,22)/b9-6+. The molecular formula is C18H16N2O4. The summed E-state index contributed by atoms with van der Waals surface area (Å²) in [6, 6.07) is 14.6. The zero-order valence-corrected chi connectivity index (χ0v) is 12.8. The van der Waals surface area contributed by atoms with Crippen LogP contribution in [0.15, 0.2) is 54.6 Å². The monoisotopic (exact) mass is 324 g/mol. The molecule has 6 heteroatoms. The predicted molar refractivity (Wildman–Crippen MR) is 89.7 cm³/mol. The van der Waals surface area contributed by atoms with Crippen molar-refractivity contribution in [3.8, 4) is 11.5 Å². The van der Waals surface area contributed by atoms with E-state index in [9.17, 15) is 9.59 Å². The van der Waals surface area contributed by atoms with Gasteiger partial charge in [0.15, 0.2) is 11.5 Å². The molecule has 0 radical (unpaired) electrons. The van der Waals surface area contributed by atoms with Crippen LogP contribution in [0.4, 0.5) is 5.69 Å². The van der Waals surface area contributed by atoms with Crippen LogP contribution >= 0.6 is 0 Å². The molecule has 6 nitrogen and oxygen atoms in total. The van der Waals surface area contributed by atoms with Crippen LogP contribution in [-0.4, -0.2) is 25.2 Å². The molecular weight excluding hydrogens is 308 g/mol. The third-order valence-corrected chi connectivity index (χ3v) is 3.31. The largest absolute Gasteiger partial charge is 0.454 e. The van der Waals surface area contributed by atoms with E-state index in [1.165, 1.54) is 6.08 Å². The quantitative estimate of drug-likeness (QED) is 0.827. The van der Waals surface area contributed by atoms with E-state index in [0.29, 0.717) is 17.2 Å². The van der Waals surface area contributed by atoms with Crippen LogP contribution < -0.4 is 20.1 Å². The number of benzene rings is 2. The van der Waals surface area contributed by atoms with Crippen molar-refractivity contribution in [2.45, 2.75) is 0 Å². The molecule has 1 aliphatic heterocycles. The van der Waals surface area contributed by atoms with E-state index < -0.39 is 0 Å². The smallest absolute Gasteiger partial charge is 0.244 e. The highest BCUT2D eigenvalue weighted by atomic mass is 16.7. The molecule has 0 aromatic heterocycles. The van der Waals surface area contributed by atoms with Crippen LogP contribution in [0.3, 0.4) is 0 Å². The summed E-state index contributed by atoms with van der Waals surface area (Å²) in [5.41, 5.74) is 1.50.